The van der Waals surface area contributed by atoms with Gasteiger partial charge in [0.2, 0.25) is 10.0 Å². The molecule has 0 radical (unpaired) electrons. The van der Waals surface area contributed by atoms with Gasteiger partial charge in [0.05, 0.1) is 5.75 Å². The van der Waals surface area contributed by atoms with Gasteiger partial charge in [-0.2, -0.15) is 0 Å². The van der Waals surface area contributed by atoms with E-state index in [4.69, 9.17) is 0 Å². The van der Waals surface area contributed by atoms with Crippen molar-refractivity contribution in [1.29, 1.82) is 0 Å². The van der Waals surface area contributed by atoms with Gasteiger partial charge in [0.25, 0.3) is 0 Å². The van der Waals surface area contributed by atoms with Gasteiger partial charge in [-0.25, -0.2) is 13.1 Å². The highest BCUT2D eigenvalue weighted by Gasteiger charge is 2.19. The first-order valence-corrected chi connectivity index (χ1v) is 8.55. The van der Waals surface area contributed by atoms with Crippen LogP contribution in [0, 0.1) is 0 Å². The predicted molar refractivity (Wildman–Crippen MR) is 77.6 cm³/mol. The van der Waals surface area contributed by atoms with Crippen molar-refractivity contribution < 1.29 is 8.42 Å². The smallest absolute Gasteiger partial charge is 0.211 e. The molecule has 106 valence electrons. The van der Waals surface area contributed by atoms with Gasteiger partial charge in [-0.1, -0.05) is 30.3 Å². The molecule has 4 nitrogen and oxygen atoms in total. The first-order valence-electron chi connectivity index (χ1n) is 6.90. The van der Waals surface area contributed by atoms with Crippen LogP contribution in [0.25, 0.3) is 0 Å². The molecule has 0 aromatic heterocycles. The maximum Gasteiger partial charge on any atom is 0.211 e. The normalized spacial score (nSPS) is 15.6. The molecule has 1 saturated carbocycles. The van der Waals surface area contributed by atoms with Crippen molar-refractivity contribution >= 4 is 10.0 Å². The van der Waals surface area contributed by atoms with Crippen molar-refractivity contribution in [3.05, 3.63) is 35.9 Å². The highest BCUT2D eigenvalue weighted by Crippen LogP contribution is 2.18. The van der Waals surface area contributed by atoms with Crippen LogP contribution >= 0.6 is 0 Å². The minimum Gasteiger partial charge on any atom is -0.314 e. The molecule has 1 aromatic rings. The summed E-state index contributed by atoms with van der Waals surface area (Å²) in [5.74, 6) is 0.160. The molecular weight excluding hydrogens is 260 g/mol. The Morgan fingerprint density at radius 2 is 1.84 bits per heavy atom. The van der Waals surface area contributed by atoms with E-state index in [0.29, 0.717) is 19.0 Å². The standard InChI is InChI=1S/C14H22N2O2S/c17-19(18,12-9-13-5-2-1-3-6-13)16-11-4-10-15-14-7-8-14/h1-3,5-6,14-16H,4,7-12H2. The summed E-state index contributed by atoms with van der Waals surface area (Å²) >= 11 is 0. The molecule has 1 aromatic carbocycles. The van der Waals surface area contributed by atoms with Crippen LogP contribution in [0.15, 0.2) is 30.3 Å². The number of hydrogen-bond acceptors (Lipinski definition) is 3. The van der Waals surface area contributed by atoms with E-state index >= 15 is 0 Å². The van der Waals surface area contributed by atoms with Crippen molar-refractivity contribution in [2.75, 3.05) is 18.8 Å². The average molecular weight is 282 g/mol. The van der Waals surface area contributed by atoms with Crippen molar-refractivity contribution in [3.8, 4) is 0 Å². The predicted octanol–water partition coefficient (Wildman–Crippen LogP) is 1.29. The van der Waals surface area contributed by atoms with E-state index in [1.54, 1.807) is 0 Å². The van der Waals surface area contributed by atoms with E-state index in [1.807, 2.05) is 30.3 Å². The lowest BCUT2D eigenvalue weighted by atomic mass is 10.2. The lowest BCUT2D eigenvalue weighted by molar-refractivity contribution is 0.572. The van der Waals surface area contributed by atoms with Crippen LogP contribution in [-0.2, 0) is 16.4 Å². The van der Waals surface area contributed by atoms with Crippen LogP contribution in [0.2, 0.25) is 0 Å². The van der Waals surface area contributed by atoms with Crippen molar-refractivity contribution in [2.24, 2.45) is 0 Å². The van der Waals surface area contributed by atoms with Gasteiger partial charge in [-0.15, -0.1) is 0 Å². The maximum atomic E-state index is 11.8. The summed E-state index contributed by atoms with van der Waals surface area (Å²) in [6.07, 6.45) is 3.95. The molecule has 0 saturated heterocycles. The lowest BCUT2D eigenvalue weighted by Gasteiger charge is -2.07. The fraction of sp³-hybridized carbons (Fsp3) is 0.571. The molecule has 1 fully saturated rings. The largest absolute Gasteiger partial charge is 0.314 e. The fourth-order valence-corrected chi connectivity index (χ4v) is 2.98. The second kappa shape index (κ2) is 7.03. The summed E-state index contributed by atoms with van der Waals surface area (Å²) in [7, 11) is -3.14. The van der Waals surface area contributed by atoms with Gasteiger partial charge in [0, 0.05) is 12.6 Å². The lowest BCUT2D eigenvalue weighted by Crippen LogP contribution is -2.30. The van der Waals surface area contributed by atoms with E-state index in [2.05, 4.69) is 10.0 Å². The molecule has 0 aliphatic heterocycles. The number of rotatable bonds is 9. The Morgan fingerprint density at radius 1 is 1.11 bits per heavy atom. The zero-order chi connectivity index (χ0) is 13.6. The van der Waals surface area contributed by atoms with Crippen LogP contribution in [0.1, 0.15) is 24.8 Å². The first kappa shape index (κ1) is 14.5. The second-order valence-corrected chi connectivity index (χ2v) is 6.96. The highest BCUT2D eigenvalue weighted by molar-refractivity contribution is 7.89. The summed E-state index contributed by atoms with van der Waals surface area (Å²) in [5.41, 5.74) is 1.06. The molecule has 2 rings (SSSR count). The number of sulfonamides is 1. The summed E-state index contributed by atoms with van der Waals surface area (Å²) in [4.78, 5) is 0. The van der Waals surface area contributed by atoms with Gasteiger partial charge in [-0.05, 0) is 37.8 Å². The number of benzene rings is 1. The monoisotopic (exact) mass is 282 g/mol. The van der Waals surface area contributed by atoms with E-state index in [1.165, 1.54) is 12.8 Å². The van der Waals surface area contributed by atoms with Gasteiger partial charge in [0.1, 0.15) is 0 Å². The molecule has 0 bridgehead atoms. The Balaban J connectivity index is 1.60. The number of nitrogens with one attached hydrogen (secondary N) is 2. The zero-order valence-corrected chi connectivity index (χ0v) is 12.0. The van der Waals surface area contributed by atoms with Crippen molar-refractivity contribution in [1.82, 2.24) is 10.0 Å². The number of aryl methyl sites for hydroxylation is 1. The van der Waals surface area contributed by atoms with Crippen molar-refractivity contribution in [3.63, 3.8) is 0 Å². The molecule has 2 N–H and O–H groups in total. The molecule has 5 heteroatoms. The first-order chi connectivity index (χ1) is 9.16. The Kier molecular flexibility index (Phi) is 5.36. The van der Waals surface area contributed by atoms with Crippen molar-refractivity contribution in [2.45, 2.75) is 31.7 Å². The van der Waals surface area contributed by atoms with Crippen LogP contribution in [0.3, 0.4) is 0 Å². The SMILES string of the molecule is O=S(=O)(CCc1ccccc1)NCCCNC1CC1. The Bertz CT molecular complexity index is 469. The quantitative estimate of drug-likeness (QED) is 0.671. The van der Waals surface area contributed by atoms with Gasteiger partial charge in [-0.3, -0.25) is 0 Å². The van der Waals surface area contributed by atoms with Crippen LogP contribution in [0.4, 0.5) is 0 Å². The minimum absolute atomic E-state index is 0.160. The molecular formula is C14H22N2O2S. The van der Waals surface area contributed by atoms with Gasteiger partial charge < -0.3 is 5.32 Å². The highest BCUT2D eigenvalue weighted by atomic mass is 32.2. The van der Waals surface area contributed by atoms with Crippen LogP contribution < -0.4 is 10.0 Å². The molecule has 0 heterocycles. The van der Waals surface area contributed by atoms with E-state index in [-0.39, 0.29) is 5.75 Å². The average Bonchev–Trinajstić information content (AvgIpc) is 3.21. The molecule has 0 spiro atoms. The van der Waals surface area contributed by atoms with Crippen LogP contribution in [0.5, 0.6) is 0 Å². The summed E-state index contributed by atoms with van der Waals surface area (Å²) in [6, 6.07) is 10.4. The zero-order valence-electron chi connectivity index (χ0n) is 11.1. The molecule has 0 unspecified atom stereocenters. The van der Waals surface area contributed by atoms with E-state index in [0.717, 1.165) is 18.5 Å². The molecule has 19 heavy (non-hydrogen) atoms. The third kappa shape index (κ3) is 6.18. The van der Waals surface area contributed by atoms with E-state index in [9.17, 15) is 8.42 Å². The fourth-order valence-electron chi connectivity index (χ4n) is 1.88. The van der Waals surface area contributed by atoms with Gasteiger partial charge >= 0.3 is 0 Å². The molecule has 1 aliphatic carbocycles. The topological polar surface area (TPSA) is 58.2 Å². The molecule has 0 atom stereocenters. The molecule has 0 amide bonds. The number of hydrogen-bond donors (Lipinski definition) is 2. The summed E-state index contributed by atoms with van der Waals surface area (Å²) < 4.78 is 26.2. The third-order valence-electron chi connectivity index (χ3n) is 3.19. The summed E-state index contributed by atoms with van der Waals surface area (Å²) in [5, 5.41) is 3.37. The molecule has 1 aliphatic rings. The third-order valence-corrected chi connectivity index (χ3v) is 4.57. The Hall–Kier alpha value is -0.910. The minimum atomic E-state index is -3.14. The Labute approximate surface area is 115 Å². The van der Waals surface area contributed by atoms with Gasteiger partial charge in [0.15, 0.2) is 0 Å². The Morgan fingerprint density at radius 3 is 2.53 bits per heavy atom. The van der Waals surface area contributed by atoms with Crippen LogP contribution in [-0.4, -0.2) is 33.3 Å². The second-order valence-electron chi connectivity index (χ2n) is 5.03. The van der Waals surface area contributed by atoms with E-state index < -0.39 is 10.0 Å². The summed E-state index contributed by atoms with van der Waals surface area (Å²) in [6.45, 7) is 1.42. The maximum absolute atomic E-state index is 11.8.